The molecule has 2 fully saturated rings. The van der Waals surface area contributed by atoms with Crippen LogP contribution in [0, 0.1) is 17.6 Å². The summed E-state index contributed by atoms with van der Waals surface area (Å²) in [5.74, 6) is -1.25. The van der Waals surface area contributed by atoms with Gasteiger partial charge >= 0.3 is 0 Å². The van der Waals surface area contributed by atoms with Crippen LogP contribution in [-0.4, -0.2) is 44.0 Å². The second-order valence-electron chi connectivity index (χ2n) is 7.48. The van der Waals surface area contributed by atoms with Crippen molar-refractivity contribution in [3.63, 3.8) is 0 Å². The van der Waals surface area contributed by atoms with Crippen molar-refractivity contribution in [2.75, 3.05) is 18.0 Å². The summed E-state index contributed by atoms with van der Waals surface area (Å²) in [5.41, 5.74) is 0.208. The number of nitrogens with one attached hydrogen (secondary N) is 1. The Balaban J connectivity index is 1.55. The minimum atomic E-state index is -0.761. The van der Waals surface area contributed by atoms with Crippen molar-refractivity contribution in [3.8, 4) is 11.4 Å². The van der Waals surface area contributed by atoms with Crippen molar-refractivity contribution in [1.29, 1.82) is 0 Å². The molecule has 3 aromatic heterocycles. The molecule has 2 aliphatic rings. The van der Waals surface area contributed by atoms with Crippen molar-refractivity contribution >= 4 is 16.9 Å². The molecule has 3 aromatic rings. The molecule has 6 nitrogen and oxygen atoms in total. The summed E-state index contributed by atoms with van der Waals surface area (Å²) in [7, 11) is 0. The van der Waals surface area contributed by atoms with Gasteiger partial charge < -0.3 is 10.0 Å². The highest BCUT2D eigenvalue weighted by molar-refractivity contribution is 5.89. The molecule has 1 unspecified atom stereocenters. The van der Waals surface area contributed by atoms with Crippen LogP contribution in [0.25, 0.3) is 22.4 Å². The van der Waals surface area contributed by atoms with E-state index in [1.165, 1.54) is 0 Å². The fourth-order valence-corrected chi connectivity index (χ4v) is 4.02. The molecular formula is C19H19F2N5O. The maximum Gasteiger partial charge on any atom is 0.168 e. The average molecular weight is 371 g/mol. The molecule has 0 amide bonds. The number of hydrogen-bond donors (Lipinski definition) is 2. The van der Waals surface area contributed by atoms with Gasteiger partial charge in [-0.15, -0.1) is 0 Å². The number of piperidine rings is 1. The van der Waals surface area contributed by atoms with Crippen molar-refractivity contribution in [1.82, 2.24) is 20.2 Å². The molecule has 1 saturated carbocycles. The Kier molecular flexibility index (Phi) is 3.65. The van der Waals surface area contributed by atoms with Crippen molar-refractivity contribution in [2.45, 2.75) is 31.3 Å². The quantitative estimate of drug-likeness (QED) is 0.740. The molecule has 8 heteroatoms. The van der Waals surface area contributed by atoms with Crippen LogP contribution in [0.2, 0.25) is 0 Å². The number of aromatic amines is 1. The van der Waals surface area contributed by atoms with Crippen LogP contribution in [0.15, 0.2) is 24.4 Å². The average Bonchev–Trinajstić information content (AvgIpc) is 3.29. The number of pyridine rings is 2. The molecule has 2 N–H and O–H groups in total. The van der Waals surface area contributed by atoms with Gasteiger partial charge in [0.25, 0.3) is 0 Å². The first kappa shape index (κ1) is 16.6. The third-order valence-corrected chi connectivity index (χ3v) is 5.71. The number of halogens is 2. The summed E-state index contributed by atoms with van der Waals surface area (Å²) in [4.78, 5) is 10.3. The molecule has 1 aliphatic heterocycles. The Hall–Kier alpha value is -2.61. The Bertz CT molecular complexity index is 1020. The van der Waals surface area contributed by atoms with Gasteiger partial charge in [-0.25, -0.2) is 18.7 Å². The predicted octanol–water partition coefficient (Wildman–Crippen LogP) is 3.04. The minimum absolute atomic E-state index is 0.00194. The lowest BCUT2D eigenvalue weighted by molar-refractivity contribution is 0.0729. The maximum absolute atomic E-state index is 14.6. The number of rotatable bonds is 3. The van der Waals surface area contributed by atoms with E-state index in [4.69, 9.17) is 0 Å². The number of anilines is 1. The van der Waals surface area contributed by atoms with Crippen molar-refractivity contribution in [2.24, 2.45) is 5.92 Å². The fourth-order valence-electron chi connectivity index (χ4n) is 4.02. The molecule has 0 spiro atoms. The molecular weight excluding hydrogens is 352 g/mol. The standard InChI is InChI=1S/C19H19F2N5O/c20-13-9-14(21)18(26-8-2-3-11(10-26)19(27)5-6-19)23-16(13)15-12-4-1-7-22-17(12)25-24-15/h1,4,7,9,11,27H,2-3,5-6,8,10H2,(H,22,24,25). The van der Waals surface area contributed by atoms with E-state index in [0.717, 1.165) is 31.7 Å². The van der Waals surface area contributed by atoms with Gasteiger partial charge in [-0.1, -0.05) is 0 Å². The molecule has 140 valence electrons. The monoisotopic (exact) mass is 371 g/mol. The van der Waals surface area contributed by atoms with Crippen LogP contribution in [0.1, 0.15) is 25.7 Å². The van der Waals surface area contributed by atoms with Crippen LogP contribution < -0.4 is 4.90 Å². The minimum Gasteiger partial charge on any atom is -0.390 e. The molecule has 4 heterocycles. The Labute approximate surface area is 154 Å². The summed E-state index contributed by atoms with van der Waals surface area (Å²) in [6.45, 7) is 1.15. The number of aliphatic hydroxyl groups is 1. The smallest absolute Gasteiger partial charge is 0.168 e. The zero-order valence-electron chi connectivity index (χ0n) is 14.6. The normalized spacial score (nSPS) is 21.6. The first-order chi connectivity index (χ1) is 13.0. The number of hydrogen-bond acceptors (Lipinski definition) is 5. The highest BCUT2D eigenvalue weighted by Crippen LogP contribution is 2.46. The molecule has 1 atom stereocenters. The lowest BCUT2D eigenvalue weighted by Crippen LogP contribution is -2.42. The number of aromatic nitrogens is 4. The fraction of sp³-hybridized carbons (Fsp3) is 0.421. The zero-order chi connectivity index (χ0) is 18.6. The summed E-state index contributed by atoms with van der Waals surface area (Å²) >= 11 is 0. The second-order valence-corrected chi connectivity index (χ2v) is 7.48. The van der Waals surface area contributed by atoms with Crippen LogP contribution in [0.4, 0.5) is 14.6 Å². The van der Waals surface area contributed by atoms with Gasteiger partial charge in [-0.05, 0) is 37.8 Å². The lowest BCUT2D eigenvalue weighted by atomic mass is 9.90. The SMILES string of the molecule is OC1(C2CCCN(c3nc(-c4n[nH]c5ncccc45)c(F)cc3F)C2)CC1. The Morgan fingerprint density at radius 2 is 2.07 bits per heavy atom. The zero-order valence-corrected chi connectivity index (χ0v) is 14.6. The van der Waals surface area contributed by atoms with Gasteiger partial charge in [0.2, 0.25) is 0 Å². The predicted molar refractivity (Wildman–Crippen MR) is 96.2 cm³/mol. The highest BCUT2D eigenvalue weighted by atomic mass is 19.1. The number of H-pyrrole nitrogens is 1. The van der Waals surface area contributed by atoms with Gasteiger partial charge in [0, 0.05) is 36.7 Å². The van der Waals surface area contributed by atoms with E-state index in [1.54, 1.807) is 18.3 Å². The van der Waals surface area contributed by atoms with Crippen molar-refractivity contribution < 1.29 is 13.9 Å². The van der Waals surface area contributed by atoms with Gasteiger partial charge in [0.05, 0.1) is 5.60 Å². The Morgan fingerprint density at radius 3 is 2.89 bits per heavy atom. The first-order valence-electron chi connectivity index (χ1n) is 9.18. The second kappa shape index (κ2) is 5.95. The number of nitrogens with zero attached hydrogens (tertiary/aromatic N) is 4. The largest absolute Gasteiger partial charge is 0.390 e. The van der Waals surface area contributed by atoms with Gasteiger partial charge in [-0.2, -0.15) is 5.10 Å². The third kappa shape index (κ3) is 2.75. The van der Waals surface area contributed by atoms with Crippen LogP contribution in [-0.2, 0) is 0 Å². The van der Waals surface area contributed by atoms with Crippen LogP contribution in [0.3, 0.4) is 0 Å². The summed E-state index contributed by atoms with van der Waals surface area (Å²) in [5, 5.41) is 18.0. The molecule has 5 rings (SSSR count). The van der Waals surface area contributed by atoms with E-state index < -0.39 is 17.2 Å². The summed E-state index contributed by atoms with van der Waals surface area (Å²) < 4.78 is 29.1. The van der Waals surface area contributed by atoms with Crippen LogP contribution >= 0.6 is 0 Å². The summed E-state index contributed by atoms with van der Waals surface area (Å²) in [6, 6.07) is 4.37. The molecule has 1 aliphatic carbocycles. The van der Waals surface area contributed by atoms with E-state index in [0.29, 0.717) is 29.8 Å². The van der Waals surface area contributed by atoms with E-state index >= 15 is 0 Å². The van der Waals surface area contributed by atoms with E-state index in [1.807, 2.05) is 4.90 Å². The lowest BCUT2D eigenvalue weighted by Gasteiger charge is -2.36. The van der Waals surface area contributed by atoms with E-state index in [2.05, 4.69) is 20.2 Å². The highest BCUT2D eigenvalue weighted by Gasteiger charge is 2.48. The third-order valence-electron chi connectivity index (χ3n) is 5.71. The van der Waals surface area contributed by atoms with Crippen LogP contribution in [0.5, 0.6) is 0 Å². The number of fused-ring (bicyclic) bond motifs is 1. The van der Waals surface area contributed by atoms with Gasteiger partial charge in [0.15, 0.2) is 23.1 Å². The first-order valence-corrected chi connectivity index (χ1v) is 9.18. The molecule has 0 bridgehead atoms. The molecule has 0 aromatic carbocycles. The summed E-state index contributed by atoms with van der Waals surface area (Å²) in [6.07, 6.45) is 4.96. The van der Waals surface area contributed by atoms with E-state index in [-0.39, 0.29) is 17.4 Å². The van der Waals surface area contributed by atoms with Gasteiger partial charge in [-0.3, -0.25) is 5.10 Å². The van der Waals surface area contributed by atoms with E-state index in [9.17, 15) is 13.9 Å². The molecule has 1 saturated heterocycles. The maximum atomic E-state index is 14.6. The van der Waals surface area contributed by atoms with Gasteiger partial charge in [0.1, 0.15) is 11.4 Å². The van der Waals surface area contributed by atoms with Crippen molar-refractivity contribution in [3.05, 3.63) is 36.0 Å². The topological polar surface area (TPSA) is 77.9 Å². The Morgan fingerprint density at radius 1 is 1.22 bits per heavy atom. The molecule has 0 radical (unpaired) electrons. The molecule has 27 heavy (non-hydrogen) atoms.